The van der Waals surface area contributed by atoms with Gasteiger partial charge >= 0.3 is 0 Å². The number of likely N-dealkylation sites (N-methyl/N-ethyl adjacent to an activating group) is 1. The third-order valence-corrected chi connectivity index (χ3v) is 3.78. The summed E-state index contributed by atoms with van der Waals surface area (Å²) in [4.78, 5) is 2.43. The Morgan fingerprint density at radius 1 is 1.25 bits per heavy atom. The lowest BCUT2D eigenvalue weighted by Gasteiger charge is -2.30. The molecule has 1 aromatic carbocycles. The van der Waals surface area contributed by atoms with Gasteiger partial charge < -0.3 is 14.5 Å². The molecule has 2 heterocycles. The molecule has 0 radical (unpaired) electrons. The summed E-state index contributed by atoms with van der Waals surface area (Å²) in [6.07, 6.45) is 0. The van der Waals surface area contributed by atoms with E-state index in [-0.39, 0.29) is 6.04 Å². The van der Waals surface area contributed by atoms with Crippen LogP contribution in [0.1, 0.15) is 18.7 Å². The molecule has 1 aliphatic heterocycles. The molecule has 0 aliphatic carbocycles. The molecule has 4 heteroatoms. The lowest BCUT2D eigenvalue weighted by Crippen LogP contribution is -2.41. The van der Waals surface area contributed by atoms with Gasteiger partial charge in [0.15, 0.2) is 0 Å². The Bertz CT molecular complexity index is 513. The maximum Gasteiger partial charge on any atom is 0.134 e. The van der Waals surface area contributed by atoms with Crippen LogP contribution in [0, 0.1) is 0 Å². The van der Waals surface area contributed by atoms with E-state index in [4.69, 9.17) is 9.15 Å². The summed E-state index contributed by atoms with van der Waals surface area (Å²) in [6, 6.07) is 10.6. The first-order valence-electron chi connectivity index (χ1n) is 7.39. The Kier molecular flexibility index (Phi) is 4.35. The van der Waals surface area contributed by atoms with Crippen molar-refractivity contribution in [1.29, 1.82) is 0 Å². The second-order valence-electron chi connectivity index (χ2n) is 5.21. The minimum Gasteiger partial charge on any atom is -0.459 e. The normalized spacial score (nSPS) is 18.4. The summed E-state index contributed by atoms with van der Waals surface area (Å²) in [5.41, 5.74) is 0.965. The van der Waals surface area contributed by atoms with Crippen LogP contribution >= 0.6 is 0 Å². The topological polar surface area (TPSA) is 37.6 Å². The van der Waals surface area contributed by atoms with Crippen LogP contribution in [-0.2, 0) is 4.74 Å². The smallest absolute Gasteiger partial charge is 0.134 e. The molecule has 0 spiro atoms. The lowest BCUT2D eigenvalue weighted by molar-refractivity contribution is 0.0325. The maximum absolute atomic E-state index is 6.00. The summed E-state index contributed by atoms with van der Waals surface area (Å²) in [7, 11) is 0. The zero-order valence-electron chi connectivity index (χ0n) is 12.0. The summed E-state index contributed by atoms with van der Waals surface area (Å²) in [5.74, 6) is 1.03. The van der Waals surface area contributed by atoms with E-state index in [0.717, 1.165) is 50.7 Å². The van der Waals surface area contributed by atoms with Gasteiger partial charge in [-0.1, -0.05) is 25.1 Å². The molecular weight excluding hydrogens is 252 g/mol. The number of furan rings is 1. The van der Waals surface area contributed by atoms with Gasteiger partial charge in [0.1, 0.15) is 11.3 Å². The number of para-hydroxylation sites is 1. The first kappa shape index (κ1) is 13.6. The Morgan fingerprint density at radius 3 is 2.80 bits per heavy atom. The van der Waals surface area contributed by atoms with Gasteiger partial charge in [-0.15, -0.1) is 0 Å². The standard InChI is InChI=1S/C16H22N2O2/c1-2-17-14(12-18-7-9-19-10-8-18)16-11-13-5-3-4-6-15(13)20-16/h3-6,11,14,17H,2,7-10,12H2,1H3. The molecule has 0 amide bonds. The van der Waals surface area contributed by atoms with Crippen molar-refractivity contribution < 1.29 is 9.15 Å². The van der Waals surface area contributed by atoms with Crippen molar-refractivity contribution in [2.45, 2.75) is 13.0 Å². The summed E-state index contributed by atoms with van der Waals surface area (Å²) < 4.78 is 11.4. The van der Waals surface area contributed by atoms with Crippen LogP contribution in [0.2, 0.25) is 0 Å². The predicted octanol–water partition coefficient (Wildman–Crippen LogP) is 2.42. The van der Waals surface area contributed by atoms with E-state index in [9.17, 15) is 0 Å². The Balaban J connectivity index is 1.77. The molecule has 1 unspecified atom stereocenters. The van der Waals surface area contributed by atoms with Gasteiger partial charge in [0.2, 0.25) is 0 Å². The summed E-state index contributed by atoms with van der Waals surface area (Å²) in [6.45, 7) is 7.71. The van der Waals surface area contributed by atoms with Crippen LogP contribution < -0.4 is 5.32 Å². The second kappa shape index (κ2) is 6.39. The molecule has 20 heavy (non-hydrogen) atoms. The number of nitrogens with zero attached hydrogens (tertiary/aromatic N) is 1. The van der Waals surface area contributed by atoms with Gasteiger partial charge in [0, 0.05) is 25.0 Å². The maximum atomic E-state index is 6.00. The van der Waals surface area contributed by atoms with E-state index in [0.29, 0.717) is 0 Å². The minimum atomic E-state index is 0.241. The van der Waals surface area contributed by atoms with Gasteiger partial charge in [-0.25, -0.2) is 0 Å². The molecule has 1 aromatic heterocycles. The third-order valence-electron chi connectivity index (χ3n) is 3.78. The fourth-order valence-electron chi connectivity index (χ4n) is 2.72. The van der Waals surface area contributed by atoms with Crippen molar-refractivity contribution in [3.63, 3.8) is 0 Å². The number of hydrogen-bond donors (Lipinski definition) is 1. The molecule has 1 aliphatic rings. The fraction of sp³-hybridized carbons (Fsp3) is 0.500. The van der Waals surface area contributed by atoms with E-state index in [1.807, 2.05) is 18.2 Å². The molecule has 0 bridgehead atoms. The highest BCUT2D eigenvalue weighted by molar-refractivity contribution is 5.77. The van der Waals surface area contributed by atoms with Crippen LogP contribution in [0.5, 0.6) is 0 Å². The number of fused-ring (bicyclic) bond motifs is 1. The highest BCUT2D eigenvalue weighted by Crippen LogP contribution is 2.24. The molecule has 4 nitrogen and oxygen atoms in total. The van der Waals surface area contributed by atoms with Crippen LogP contribution in [-0.4, -0.2) is 44.3 Å². The van der Waals surface area contributed by atoms with E-state index in [1.54, 1.807) is 0 Å². The van der Waals surface area contributed by atoms with Crippen LogP contribution in [0.3, 0.4) is 0 Å². The minimum absolute atomic E-state index is 0.241. The predicted molar refractivity (Wildman–Crippen MR) is 79.9 cm³/mol. The van der Waals surface area contributed by atoms with E-state index < -0.39 is 0 Å². The SMILES string of the molecule is CCNC(CN1CCOCC1)c1cc2ccccc2o1. The van der Waals surface area contributed by atoms with E-state index in [2.05, 4.69) is 29.3 Å². The van der Waals surface area contributed by atoms with Gasteiger partial charge in [-0.05, 0) is 18.7 Å². The number of benzene rings is 1. The zero-order chi connectivity index (χ0) is 13.8. The lowest BCUT2D eigenvalue weighted by atomic mass is 10.1. The highest BCUT2D eigenvalue weighted by Gasteiger charge is 2.20. The fourth-order valence-corrected chi connectivity index (χ4v) is 2.72. The van der Waals surface area contributed by atoms with Gasteiger partial charge in [0.25, 0.3) is 0 Å². The molecule has 1 fully saturated rings. The summed E-state index contributed by atoms with van der Waals surface area (Å²) in [5, 5.41) is 4.70. The molecule has 2 aromatic rings. The number of nitrogens with one attached hydrogen (secondary N) is 1. The van der Waals surface area contributed by atoms with Crippen molar-refractivity contribution in [3.8, 4) is 0 Å². The molecule has 0 saturated carbocycles. The Labute approximate surface area is 119 Å². The molecule has 108 valence electrons. The van der Waals surface area contributed by atoms with Crippen molar-refractivity contribution in [1.82, 2.24) is 10.2 Å². The van der Waals surface area contributed by atoms with Gasteiger partial charge in [-0.2, -0.15) is 0 Å². The van der Waals surface area contributed by atoms with Gasteiger partial charge in [-0.3, -0.25) is 4.90 Å². The van der Waals surface area contributed by atoms with Gasteiger partial charge in [0.05, 0.1) is 19.3 Å². The molecular formula is C16H22N2O2. The van der Waals surface area contributed by atoms with E-state index >= 15 is 0 Å². The molecule has 1 atom stereocenters. The van der Waals surface area contributed by atoms with Crippen molar-refractivity contribution in [3.05, 3.63) is 36.1 Å². The highest BCUT2D eigenvalue weighted by atomic mass is 16.5. The molecule has 1 N–H and O–H groups in total. The molecule has 1 saturated heterocycles. The number of ether oxygens (including phenoxy) is 1. The van der Waals surface area contributed by atoms with Crippen molar-refractivity contribution in [2.75, 3.05) is 39.4 Å². The average molecular weight is 274 g/mol. The van der Waals surface area contributed by atoms with Crippen LogP contribution in [0.15, 0.2) is 34.7 Å². The Hall–Kier alpha value is -1.36. The average Bonchev–Trinajstić information content (AvgIpc) is 2.92. The quantitative estimate of drug-likeness (QED) is 0.908. The Morgan fingerprint density at radius 2 is 2.05 bits per heavy atom. The first-order valence-corrected chi connectivity index (χ1v) is 7.39. The van der Waals surface area contributed by atoms with Crippen LogP contribution in [0.25, 0.3) is 11.0 Å². The largest absolute Gasteiger partial charge is 0.459 e. The number of morpholine rings is 1. The zero-order valence-corrected chi connectivity index (χ0v) is 12.0. The summed E-state index contributed by atoms with van der Waals surface area (Å²) >= 11 is 0. The second-order valence-corrected chi connectivity index (χ2v) is 5.21. The van der Waals surface area contributed by atoms with Crippen LogP contribution in [0.4, 0.5) is 0 Å². The molecule has 3 rings (SSSR count). The number of hydrogen-bond acceptors (Lipinski definition) is 4. The first-order chi connectivity index (χ1) is 9.86. The van der Waals surface area contributed by atoms with Crippen molar-refractivity contribution in [2.24, 2.45) is 0 Å². The van der Waals surface area contributed by atoms with Crippen molar-refractivity contribution >= 4 is 11.0 Å². The van der Waals surface area contributed by atoms with E-state index in [1.165, 1.54) is 5.39 Å². The number of rotatable bonds is 5. The monoisotopic (exact) mass is 274 g/mol. The third kappa shape index (κ3) is 3.03.